The number of allylic oxidation sites excluding steroid dienone is 2. The summed E-state index contributed by atoms with van der Waals surface area (Å²) in [5, 5.41) is 2.85. The lowest BCUT2D eigenvalue weighted by molar-refractivity contribution is 0.225. The van der Waals surface area contributed by atoms with Crippen LogP contribution in [0.25, 0.3) is 0 Å². The van der Waals surface area contributed by atoms with Crippen LogP contribution in [0.5, 0.6) is 0 Å². The second kappa shape index (κ2) is 5.16. The highest BCUT2D eigenvalue weighted by Gasteiger charge is 2.07. The van der Waals surface area contributed by atoms with Crippen molar-refractivity contribution in [3.8, 4) is 0 Å². The van der Waals surface area contributed by atoms with Gasteiger partial charge in [0, 0.05) is 18.9 Å². The van der Waals surface area contributed by atoms with Crippen molar-refractivity contribution in [1.29, 1.82) is 0 Å². The van der Waals surface area contributed by atoms with Crippen LogP contribution in [0, 0.1) is 0 Å². The molecule has 2 amide bonds. The minimum Gasteiger partial charge on any atom is -0.333 e. The Kier molecular flexibility index (Phi) is 3.38. The van der Waals surface area contributed by atoms with E-state index < -0.39 is 0 Å². The summed E-state index contributed by atoms with van der Waals surface area (Å²) in [5.74, 6) is 0. The van der Waals surface area contributed by atoms with Crippen LogP contribution in [-0.4, -0.2) is 10.9 Å². The van der Waals surface area contributed by atoms with Crippen molar-refractivity contribution in [2.75, 3.05) is 0 Å². The number of benzene rings is 1. The van der Waals surface area contributed by atoms with Crippen LogP contribution in [0.4, 0.5) is 4.79 Å². The summed E-state index contributed by atoms with van der Waals surface area (Å²) >= 11 is 0. The molecule has 0 saturated heterocycles. The van der Waals surface area contributed by atoms with Crippen molar-refractivity contribution in [2.24, 2.45) is 0 Å². The smallest absolute Gasteiger partial charge is 0.325 e. The highest BCUT2D eigenvalue weighted by atomic mass is 16.2. The molecule has 1 heterocycles. The Bertz CT molecular complexity index is 397. The molecule has 0 aromatic heterocycles. The summed E-state index contributed by atoms with van der Waals surface area (Å²) in [6.07, 6.45) is 8.34. The molecular weight excluding hydrogens is 200 g/mol. The third-order valence-corrected chi connectivity index (χ3v) is 2.33. The second-order valence-electron chi connectivity index (χ2n) is 3.56. The fraction of sp³-hybridized carbons (Fsp3) is 0.154. The van der Waals surface area contributed by atoms with Crippen molar-refractivity contribution in [1.82, 2.24) is 10.2 Å². The first kappa shape index (κ1) is 10.5. The maximum Gasteiger partial charge on any atom is 0.325 e. The zero-order valence-corrected chi connectivity index (χ0v) is 8.97. The number of carbonyl (C=O) groups is 1. The van der Waals surface area contributed by atoms with E-state index in [9.17, 15) is 4.79 Å². The molecule has 3 nitrogen and oxygen atoms in total. The molecule has 0 fully saturated rings. The van der Waals surface area contributed by atoms with Crippen LogP contribution < -0.4 is 5.32 Å². The van der Waals surface area contributed by atoms with Crippen molar-refractivity contribution in [3.63, 3.8) is 0 Å². The quantitative estimate of drug-likeness (QED) is 0.806. The van der Waals surface area contributed by atoms with Gasteiger partial charge < -0.3 is 5.32 Å². The van der Waals surface area contributed by atoms with E-state index in [0.29, 0.717) is 6.54 Å². The number of carbonyl (C=O) groups excluding carboxylic acids is 1. The Balaban J connectivity index is 1.86. The molecule has 0 atom stereocenters. The summed E-state index contributed by atoms with van der Waals surface area (Å²) in [6.45, 7) is 0.553. The first-order chi connectivity index (χ1) is 7.86. The molecule has 0 radical (unpaired) electrons. The van der Waals surface area contributed by atoms with Gasteiger partial charge in [-0.15, -0.1) is 0 Å². The van der Waals surface area contributed by atoms with Gasteiger partial charge >= 0.3 is 6.03 Å². The fourth-order valence-corrected chi connectivity index (χ4v) is 1.48. The molecule has 0 bridgehead atoms. The number of hydrogen-bond donors (Lipinski definition) is 1. The van der Waals surface area contributed by atoms with E-state index >= 15 is 0 Å². The maximum atomic E-state index is 11.7. The number of urea groups is 1. The van der Waals surface area contributed by atoms with E-state index in [2.05, 4.69) is 5.32 Å². The van der Waals surface area contributed by atoms with Crippen molar-refractivity contribution in [2.45, 2.75) is 13.0 Å². The first-order valence-electron chi connectivity index (χ1n) is 5.30. The number of nitrogens with zero attached hydrogens (tertiary/aromatic N) is 1. The molecule has 0 saturated carbocycles. The molecule has 0 aliphatic carbocycles. The van der Waals surface area contributed by atoms with Gasteiger partial charge in [-0.25, -0.2) is 4.79 Å². The SMILES string of the molecule is O=C(NCc1ccccc1)N1C=CCC=C1. The normalized spacial score (nSPS) is 13.9. The van der Waals surface area contributed by atoms with Gasteiger partial charge in [-0.2, -0.15) is 0 Å². The highest BCUT2D eigenvalue weighted by molar-refractivity contribution is 5.76. The van der Waals surface area contributed by atoms with E-state index in [1.165, 1.54) is 0 Å². The third-order valence-electron chi connectivity index (χ3n) is 2.33. The van der Waals surface area contributed by atoms with Crippen LogP contribution in [0.2, 0.25) is 0 Å². The molecule has 1 aliphatic heterocycles. The summed E-state index contributed by atoms with van der Waals surface area (Å²) in [7, 11) is 0. The fourth-order valence-electron chi connectivity index (χ4n) is 1.48. The van der Waals surface area contributed by atoms with Gasteiger partial charge in [0.1, 0.15) is 0 Å². The Morgan fingerprint density at radius 3 is 2.56 bits per heavy atom. The summed E-state index contributed by atoms with van der Waals surface area (Å²) in [6, 6.07) is 9.76. The molecule has 2 rings (SSSR count). The van der Waals surface area contributed by atoms with Crippen molar-refractivity contribution in [3.05, 3.63) is 60.4 Å². The van der Waals surface area contributed by atoms with Crippen LogP contribution >= 0.6 is 0 Å². The number of hydrogen-bond acceptors (Lipinski definition) is 1. The number of rotatable bonds is 2. The summed E-state index contributed by atoms with van der Waals surface area (Å²) in [5.41, 5.74) is 1.10. The second-order valence-corrected chi connectivity index (χ2v) is 3.56. The molecule has 1 aromatic carbocycles. The first-order valence-corrected chi connectivity index (χ1v) is 5.30. The number of amides is 2. The van der Waals surface area contributed by atoms with Crippen LogP contribution in [-0.2, 0) is 6.54 Å². The minimum absolute atomic E-state index is 0.101. The van der Waals surface area contributed by atoms with Gasteiger partial charge in [-0.05, 0) is 12.0 Å². The van der Waals surface area contributed by atoms with Crippen molar-refractivity contribution < 1.29 is 4.79 Å². The Morgan fingerprint density at radius 1 is 1.19 bits per heavy atom. The summed E-state index contributed by atoms with van der Waals surface area (Å²) < 4.78 is 0. The molecule has 3 heteroatoms. The van der Waals surface area contributed by atoms with Crippen molar-refractivity contribution >= 4 is 6.03 Å². The molecule has 16 heavy (non-hydrogen) atoms. The van der Waals surface area contributed by atoms with Gasteiger partial charge in [0.25, 0.3) is 0 Å². The average Bonchev–Trinajstić information content (AvgIpc) is 2.38. The Labute approximate surface area is 95.1 Å². The predicted molar refractivity (Wildman–Crippen MR) is 63.4 cm³/mol. The zero-order valence-electron chi connectivity index (χ0n) is 8.97. The van der Waals surface area contributed by atoms with Crippen LogP contribution in [0.15, 0.2) is 54.9 Å². The Hall–Kier alpha value is -2.03. The molecular formula is C13H14N2O. The van der Waals surface area contributed by atoms with E-state index in [4.69, 9.17) is 0 Å². The number of nitrogens with one attached hydrogen (secondary N) is 1. The lowest BCUT2D eigenvalue weighted by Crippen LogP contribution is -2.33. The van der Waals surface area contributed by atoms with Gasteiger partial charge in [0.05, 0.1) is 0 Å². The Morgan fingerprint density at radius 2 is 1.88 bits per heavy atom. The van der Waals surface area contributed by atoms with E-state index in [1.54, 1.807) is 17.3 Å². The lowest BCUT2D eigenvalue weighted by Gasteiger charge is -2.16. The maximum absolute atomic E-state index is 11.7. The van der Waals surface area contributed by atoms with Crippen LogP contribution in [0.1, 0.15) is 12.0 Å². The standard InChI is InChI=1S/C13H14N2O/c16-13(15-9-5-2-6-10-15)14-11-12-7-3-1-4-8-12/h1,3-10H,2,11H2,(H,14,16). The van der Waals surface area contributed by atoms with Gasteiger partial charge in [0.15, 0.2) is 0 Å². The van der Waals surface area contributed by atoms with E-state index in [-0.39, 0.29) is 6.03 Å². The zero-order chi connectivity index (χ0) is 11.2. The molecule has 1 aliphatic rings. The van der Waals surface area contributed by atoms with E-state index in [0.717, 1.165) is 12.0 Å². The lowest BCUT2D eigenvalue weighted by atomic mass is 10.2. The van der Waals surface area contributed by atoms with Gasteiger partial charge in [-0.1, -0.05) is 42.5 Å². The minimum atomic E-state index is -0.101. The van der Waals surface area contributed by atoms with Gasteiger partial charge in [-0.3, -0.25) is 4.90 Å². The average molecular weight is 214 g/mol. The molecule has 82 valence electrons. The third kappa shape index (κ3) is 2.73. The highest BCUT2D eigenvalue weighted by Crippen LogP contribution is 2.03. The molecule has 1 N–H and O–H groups in total. The molecule has 1 aromatic rings. The monoisotopic (exact) mass is 214 g/mol. The van der Waals surface area contributed by atoms with E-state index in [1.807, 2.05) is 42.5 Å². The summed E-state index contributed by atoms with van der Waals surface area (Å²) in [4.78, 5) is 13.2. The van der Waals surface area contributed by atoms with Gasteiger partial charge in [0.2, 0.25) is 0 Å². The molecule has 0 unspecified atom stereocenters. The predicted octanol–water partition coefficient (Wildman–Crippen LogP) is 2.63. The topological polar surface area (TPSA) is 32.3 Å². The van der Waals surface area contributed by atoms with Crippen LogP contribution in [0.3, 0.4) is 0 Å². The largest absolute Gasteiger partial charge is 0.333 e. The molecule has 0 spiro atoms.